The third-order valence-electron chi connectivity index (χ3n) is 4.66. The molecule has 0 spiro atoms. The van der Waals surface area contributed by atoms with Crippen molar-refractivity contribution in [3.05, 3.63) is 41.7 Å². The van der Waals surface area contributed by atoms with Crippen LogP contribution in [0.3, 0.4) is 0 Å². The smallest absolute Gasteiger partial charge is 0.273 e. The van der Waals surface area contributed by atoms with Gasteiger partial charge >= 0.3 is 0 Å². The average Bonchev–Trinajstić information content (AvgIpc) is 2.97. The van der Waals surface area contributed by atoms with Crippen LogP contribution in [0.2, 0.25) is 0 Å². The lowest BCUT2D eigenvalue weighted by atomic mass is 10.2. The number of hydrogen-bond donors (Lipinski definition) is 1. The van der Waals surface area contributed by atoms with Crippen molar-refractivity contribution in [2.75, 3.05) is 33.3 Å². The Morgan fingerprint density at radius 3 is 2.81 bits per heavy atom. The molecule has 3 rings (SSSR count). The van der Waals surface area contributed by atoms with Crippen molar-refractivity contribution in [3.63, 3.8) is 0 Å². The number of nitrogens with one attached hydrogen (secondary N) is 1. The van der Waals surface area contributed by atoms with Crippen LogP contribution in [0.1, 0.15) is 41.7 Å². The lowest BCUT2D eigenvalue weighted by molar-refractivity contribution is 0.0943. The van der Waals surface area contributed by atoms with Crippen LogP contribution in [0.15, 0.2) is 30.5 Å². The average molecular weight is 357 g/mol. The lowest BCUT2D eigenvalue weighted by Crippen LogP contribution is -2.35. The van der Waals surface area contributed by atoms with E-state index in [4.69, 9.17) is 4.74 Å². The minimum atomic E-state index is -0.170. The Morgan fingerprint density at radius 2 is 2.04 bits per heavy atom. The summed E-state index contributed by atoms with van der Waals surface area (Å²) in [5.41, 5.74) is 1.39. The summed E-state index contributed by atoms with van der Waals surface area (Å²) < 4.78 is 6.89. The van der Waals surface area contributed by atoms with Gasteiger partial charge in [-0.05, 0) is 43.6 Å². The number of ether oxygens (including phenoxy) is 1. The van der Waals surface area contributed by atoms with E-state index in [0.29, 0.717) is 18.8 Å². The monoisotopic (exact) mass is 357 g/mol. The highest BCUT2D eigenvalue weighted by molar-refractivity contribution is 5.91. The fraction of sp³-hybridized carbons (Fsp3) is 0.526. The summed E-state index contributed by atoms with van der Waals surface area (Å²) in [5.74, 6) is 0.630. The molecule has 7 nitrogen and oxygen atoms in total. The number of methoxy groups -OCH3 is 1. The Kier molecular flexibility index (Phi) is 6.60. The van der Waals surface area contributed by atoms with Crippen molar-refractivity contribution in [2.24, 2.45) is 0 Å². The van der Waals surface area contributed by atoms with Crippen LogP contribution < -0.4 is 10.1 Å². The normalized spacial score (nSPS) is 15.4. The lowest BCUT2D eigenvalue weighted by Gasteiger charge is -2.19. The fourth-order valence-electron chi connectivity index (χ4n) is 3.22. The molecule has 0 aliphatic carbocycles. The van der Waals surface area contributed by atoms with Crippen molar-refractivity contribution in [2.45, 2.75) is 32.2 Å². The summed E-state index contributed by atoms with van der Waals surface area (Å²) in [6.07, 6.45) is 6.83. The quantitative estimate of drug-likeness (QED) is 0.820. The molecular weight excluding hydrogens is 330 g/mol. The van der Waals surface area contributed by atoms with Gasteiger partial charge in [0, 0.05) is 13.1 Å². The van der Waals surface area contributed by atoms with E-state index in [1.165, 1.54) is 25.7 Å². The highest BCUT2D eigenvalue weighted by atomic mass is 16.5. The predicted octanol–water partition coefficient (Wildman–Crippen LogP) is 1.94. The molecule has 140 valence electrons. The van der Waals surface area contributed by atoms with E-state index in [1.54, 1.807) is 18.0 Å². The SMILES string of the molecule is COc1cccc(Cn2cc(C(=O)NCCN3CCCCCC3)nn2)c1. The molecule has 1 aromatic carbocycles. The molecule has 1 fully saturated rings. The number of carbonyl (C=O) groups is 1. The predicted molar refractivity (Wildman–Crippen MR) is 99.4 cm³/mol. The van der Waals surface area contributed by atoms with E-state index < -0.39 is 0 Å². The second kappa shape index (κ2) is 9.33. The molecule has 2 aromatic rings. The standard InChI is InChI=1S/C19H27N5O2/c1-26-17-8-6-7-16(13-17)14-24-15-18(21-22-24)19(25)20-9-12-23-10-4-2-3-5-11-23/h6-8,13,15H,2-5,9-12,14H2,1H3,(H,20,25). The Bertz CT molecular complexity index is 707. The zero-order valence-corrected chi connectivity index (χ0v) is 15.4. The molecule has 26 heavy (non-hydrogen) atoms. The third kappa shape index (κ3) is 5.29. The van der Waals surface area contributed by atoms with Crippen LogP contribution in [-0.4, -0.2) is 59.1 Å². The zero-order valence-electron chi connectivity index (χ0n) is 15.4. The maximum absolute atomic E-state index is 12.3. The van der Waals surface area contributed by atoms with Gasteiger partial charge in [-0.1, -0.05) is 30.2 Å². The molecule has 0 bridgehead atoms. The Morgan fingerprint density at radius 1 is 1.23 bits per heavy atom. The first kappa shape index (κ1) is 18.4. The van der Waals surface area contributed by atoms with Crippen molar-refractivity contribution >= 4 is 5.91 Å². The first-order valence-corrected chi connectivity index (χ1v) is 9.28. The molecule has 2 heterocycles. The molecular formula is C19H27N5O2. The number of nitrogens with zero attached hydrogens (tertiary/aromatic N) is 4. The van der Waals surface area contributed by atoms with Gasteiger partial charge in [-0.2, -0.15) is 0 Å². The van der Waals surface area contributed by atoms with Crippen LogP contribution in [0, 0.1) is 0 Å². The second-order valence-electron chi connectivity index (χ2n) is 6.66. The Labute approximate surface area is 154 Å². The zero-order chi connectivity index (χ0) is 18.2. The van der Waals surface area contributed by atoms with E-state index in [1.807, 2.05) is 24.3 Å². The summed E-state index contributed by atoms with van der Waals surface area (Å²) in [4.78, 5) is 14.7. The molecule has 1 N–H and O–H groups in total. The van der Waals surface area contributed by atoms with Gasteiger partial charge in [0.05, 0.1) is 19.9 Å². The van der Waals surface area contributed by atoms with Gasteiger partial charge in [-0.25, -0.2) is 4.68 Å². The van der Waals surface area contributed by atoms with Gasteiger partial charge in [-0.15, -0.1) is 5.10 Å². The summed E-state index contributed by atoms with van der Waals surface area (Å²) in [6, 6.07) is 7.77. The molecule has 0 radical (unpaired) electrons. The fourth-order valence-corrected chi connectivity index (χ4v) is 3.22. The number of rotatable bonds is 7. The maximum atomic E-state index is 12.3. The van der Waals surface area contributed by atoms with Crippen LogP contribution in [0.4, 0.5) is 0 Å². The van der Waals surface area contributed by atoms with Gasteiger partial charge in [0.15, 0.2) is 5.69 Å². The number of carbonyl (C=O) groups excluding carboxylic acids is 1. The number of benzene rings is 1. The van der Waals surface area contributed by atoms with Gasteiger partial charge in [0.2, 0.25) is 0 Å². The van der Waals surface area contributed by atoms with Crippen molar-refractivity contribution in [1.29, 1.82) is 0 Å². The summed E-state index contributed by atoms with van der Waals surface area (Å²) in [7, 11) is 1.64. The minimum Gasteiger partial charge on any atom is -0.497 e. The first-order chi connectivity index (χ1) is 12.7. The molecule has 0 unspecified atom stereocenters. The van der Waals surface area contributed by atoms with Crippen LogP contribution in [-0.2, 0) is 6.54 Å². The Balaban J connectivity index is 1.47. The molecule has 1 aliphatic heterocycles. The summed E-state index contributed by atoms with van der Waals surface area (Å²) >= 11 is 0. The van der Waals surface area contributed by atoms with Crippen molar-refractivity contribution in [1.82, 2.24) is 25.2 Å². The van der Waals surface area contributed by atoms with E-state index in [0.717, 1.165) is 30.9 Å². The highest BCUT2D eigenvalue weighted by Crippen LogP contribution is 2.13. The second-order valence-corrected chi connectivity index (χ2v) is 6.66. The van der Waals surface area contributed by atoms with Crippen LogP contribution in [0.25, 0.3) is 0 Å². The molecule has 0 saturated carbocycles. The number of amides is 1. The first-order valence-electron chi connectivity index (χ1n) is 9.28. The summed E-state index contributed by atoms with van der Waals surface area (Å²) in [6.45, 7) is 4.34. The molecule has 1 aromatic heterocycles. The molecule has 7 heteroatoms. The van der Waals surface area contributed by atoms with E-state index in [2.05, 4.69) is 20.5 Å². The molecule has 0 atom stereocenters. The van der Waals surface area contributed by atoms with Crippen molar-refractivity contribution in [3.8, 4) is 5.75 Å². The summed E-state index contributed by atoms with van der Waals surface area (Å²) in [5, 5.41) is 11.0. The number of hydrogen-bond acceptors (Lipinski definition) is 5. The number of likely N-dealkylation sites (tertiary alicyclic amines) is 1. The van der Waals surface area contributed by atoms with Gasteiger partial charge in [0.1, 0.15) is 5.75 Å². The number of aromatic nitrogens is 3. The Hall–Kier alpha value is -2.41. The van der Waals surface area contributed by atoms with Gasteiger partial charge in [-0.3, -0.25) is 4.79 Å². The van der Waals surface area contributed by atoms with E-state index in [9.17, 15) is 4.79 Å². The molecule has 1 aliphatic rings. The van der Waals surface area contributed by atoms with Crippen LogP contribution in [0.5, 0.6) is 5.75 Å². The van der Waals surface area contributed by atoms with Gasteiger partial charge < -0.3 is 15.0 Å². The largest absolute Gasteiger partial charge is 0.497 e. The highest BCUT2D eigenvalue weighted by Gasteiger charge is 2.12. The third-order valence-corrected chi connectivity index (χ3v) is 4.66. The van der Waals surface area contributed by atoms with E-state index in [-0.39, 0.29) is 5.91 Å². The maximum Gasteiger partial charge on any atom is 0.273 e. The van der Waals surface area contributed by atoms with Gasteiger partial charge in [0.25, 0.3) is 5.91 Å². The minimum absolute atomic E-state index is 0.170. The van der Waals surface area contributed by atoms with Crippen molar-refractivity contribution < 1.29 is 9.53 Å². The molecule has 1 saturated heterocycles. The topological polar surface area (TPSA) is 72.3 Å². The van der Waals surface area contributed by atoms with E-state index >= 15 is 0 Å². The van der Waals surface area contributed by atoms with Crippen LogP contribution >= 0.6 is 0 Å². The molecule has 1 amide bonds.